The highest BCUT2D eigenvalue weighted by Gasteiger charge is 2.09. The Morgan fingerprint density at radius 2 is 0.719 bits per heavy atom. The van der Waals surface area contributed by atoms with Gasteiger partial charge in [-0.3, -0.25) is 0 Å². The Hall–Kier alpha value is -0.160. The van der Waals surface area contributed by atoms with Crippen LogP contribution in [0.3, 0.4) is 0 Å². The lowest BCUT2D eigenvalue weighted by molar-refractivity contribution is 0.0832. The fraction of sp³-hybridized carbons (Fsp3) is 1.00. The maximum absolute atomic E-state index is 12.0. The van der Waals surface area contributed by atoms with Gasteiger partial charge >= 0.3 is 0 Å². The second-order valence-electron chi connectivity index (χ2n) is 10.1. The third-order valence-electron chi connectivity index (χ3n) is 6.61. The van der Waals surface area contributed by atoms with Gasteiger partial charge in [0, 0.05) is 13.1 Å². The predicted molar refractivity (Wildman–Crippen MR) is 140 cm³/mol. The van der Waals surface area contributed by atoms with Gasteiger partial charge in [0.15, 0.2) is 0 Å². The Balaban J connectivity index is 3.44. The topological polar surface area (TPSA) is 66.8 Å². The van der Waals surface area contributed by atoms with Crippen molar-refractivity contribution >= 4 is 0 Å². The standard InChI is InChI=1S/C28H58NO3/c1-3-5-7-9-11-13-15-17-19-21-23-27(30)25-29(32)26-28(31)24-22-20-18-16-14-12-10-8-6-4-2/h27-28,30-31H,3-26H2,1-2H3/q-1. The lowest BCUT2D eigenvalue weighted by Gasteiger charge is -2.32. The first kappa shape index (κ1) is 31.8. The molecule has 0 aromatic carbocycles. The summed E-state index contributed by atoms with van der Waals surface area (Å²) < 4.78 is 0. The molecule has 2 N–H and O–H groups in total. The summed E-state index contributed by atoms with van der Waals surface area (Å²) in [6, 6.07) is 0. The molecule has 0 saturated carbocycles. The highest BCUT2D eigenvalue weighted by molar-refractivity contribution is 4.69. The molecule has 0 radical (unpaired) electrons. The van der Waals surface area contributed by atoms with Crippen LogP contribution in [0, 0.1) is 5.21 Å². The summed E-state index contributed by atoms with van der Waals surface area (Å²) in [4.78, 5) is 0. The fourth-order valence-corrected chi connectivity index (χ4v) is 4.46. The van der Waals surface area contributed by atoms with Gasteiger partial charge in [0.1, 0.15) is 0 Å². The van der Waals surface area contributed by atoms with Crippen LogP contribution >= 0.6 is 0 Å². The first-order chi connectivity index (χ1) is 15.6. The second kappa shape index (κ2) is 25.5. The number of unbranched alkanes of at least 4 members (excludes halogenated alkanes) is 18. The maximum Gasteiger partial charge on any atom is 0.0657 e. The minimum absolute atomic E-state index is 0.131. The Morgan fingerprint density at radius 1 is 0.469 bits per heavy atom. The second-order valence-corrected chi connectivity index (χ2v) is 10.1. The molecule has 0 amide bonds. The minimum Gasteiger partial charge on any atom is -0.785 e. The van der Waals surface area contributed by atoms with E-state index in [0.29, 0.717) is 12.8 Å². The molecule has 0 aliphatic heterocycles. The summed E-state index contributed by atoms with van der Waals surface area (Å²) in [7, 11) is 0. The van der Waals surface area contributed by atoms with Crippen molar-refractivity contribution in [2.75, 3.05) is 13.1 Å². The van der Waals surface area contributed by atoms with E-state index in [-0.39, 0.29) is 13.1 Å². The van der Waals surface area contributed by atoms with E-state index in [1.165, 1.54) is 103 Å². The smallest absolute Gasteiger partial charge is 0.0657 e. The van der Waals surface area contributed by atoms with E-state index in [1.54, 1.807) is 0 Å². The monoisotopic (exact) mass is 456 g/mol. The van der Waals surface area contributed by atoms with E-state index in [0.717, 1.165) is 30.7 Å². The highest BCUT2D eigenvalue weighted by Crippen LogP contribution is 2.14. The van der Waals surface area contributed by atoms with Crippen LogP contribution in [-0.4, -0.2) is 40.6 Å². The molecule has 194 valence electrons. The van der Waals surface area contributed by atoms with Crippen molar-refractivity contribution in [2.24, 2.45) is 0 Å². The average molecular weight is 457 g/mol. The van der Waals surface area contributed by atoms with E-state index in [2.05, 4.69) is 13.8 Å². The molecule has 4 heteroatoms. The predicted octanol–water partition coefficient (Wildman–Crippen LogP) is 8.13. The van der Waals surface area contributed by atoms with Crippen molar-refractivity contribution in [3.63, 3.8) is 0 Å². The molecule has 0 bridgehead atoms. The van der Waals surface area contributed by atoms with Crippen LogP contribution in [-0.2, 0) is 0 Å². The third kappa shape index (κ3) is 24.5. The van der Waals surface area contributed by atoms with Gasteiger partial charge < -0.3 is 20.5 Å². The molecule has 32 heavy (non-hydrogen) atoms. The lowest BCUT2D eigenvalue weighted by Crippen LogP contribution is -2.34. The molecule has 0 rings (SSSR count). The Kier molecular flexibility index (Phi) is 25.3. The van der Waals surface area contributed by atoms with Gasteiger partial charge in [-0.25, -0.2) is 0 Å². The molecule has 0 fully saturated rings. The molecule has 0 aromatic heterocycles. The van der Waals surface area contributed by atoms with E-state index >= 15 is 0 Å². The molecule has 0 heterocycles. The zero-order chi connectivity index (χ0) is 23.7. The minimum atomic E-state index is -0.564. The average Bonchev–Trinajstić information content (AvgIpc) is 2.76. The summed E-state index contributed by atoms with van der Waals surface area (Å²) >= 11 is 0. The summed E-state index contributed by atoms with van der Waals surface area (Å²) in [5.74, 6) is 0. The zero-order valence-corrected chi connectivity index (χ0v) is 21.9. The first-order valence-electron chi connectivity index (χ1n) is 14.4. The Bertz CT molecular complexity index is 322. The SMILES string of the molecule is CCCCCCCCCCCCC(O)CN([O-])CC(O)CCCCCCCCCCCC. The Morgan fingerprint density at radius 3 is 1.00 bits per heavy atom. The number of rotatable bonds is 26. The van der Waals surface area contributed by atoms with Crippen LogP contribution in [0.25, 0.3) is 0 Å². The van der Waals surface area contributed by atoms with Crippen molar-refractivity contribution in [3.05, 3.63) is 5.21 Å². The normalized spacial score (nSPS) is 13.7. The fourth-order valence-electron chi connectivity index (χ4n) is 4.46. The number of aliphatic hydroxyl groups is 2. The van der Waals surface area contributed by atoms with E-state index in [9.17, 15) is 15.4 Å². The summed E-state index contributed by atoms with van der Waals surface area (Å²) in [5, 5.41) is 33.1. The molecular weight excluding hydrogens is 398 g/mol. The van der Waals surface area contributed by atoms with Gasteiger partial charge in [-0.05, 0) is 12.8 Å². The largest absolute Gasteiger partial charge is 0.785 e. The van der Waals surface area contributed by atoms with Gasteiger partial charge in [-0.2, -0.15) is 0 Å². The van der Waals surface area contributed by atoms with Gasteiger partial charge in [0.2, 0.25) is 0 Å². The van der Waals surface area contributed by atoms with E-state index in [1.807, 2.05) is 0 Å². The maximum atomic E-state index is 12.0. The van der Waals surface area contributed by atoms with Crippen molar-refractivity contribution in [1.82, 2.24) is 5.06 Å². The van der Waals surface area contributed by atoms with Gasteiger partial charge in [-0.1, -0.05) is 142 Å². The number of aliphatic hydroxyl groups excluding tert-OH is 2. The molecule has 0 aliphatic rings. The molecule has 0 spiro atoms. The van der Waals surface area contributed by atoms with Gasteiger partial charge in [0.05, 0.1) is 12.2 Å². The van der Waals surface area contributed by atoms with Crippen molar-refractivity contribution in [3.8, 4) is 0 Å². The van der Waals surface area contributed by atoms with Crippen molar-refractivity contribution in [1.29, 1.82) is 0 Å². The number of hydrogen-bond donors (Lipinski definition) is 2. The van der Waals surface area contributed by atoms with E-state index < -0.39 is 12.2 Å². The lowest BCUT2D eigenvalue weighted by atomic mass is 10.0. The summed E-state index contributed by atoms with van der Waals surface area (Å²) in [5.41, 5.74) is 0. The van der Waals surface area contributed by atoms with E-state index in [4.69, 9.17) is 0 Å². The van der Waals surface area contributed by atoms with Crippen molar-refractivity contribution < 1.29 is 10.2 Å². The van der Waals surface area contributed by atoms with Crippen LogP contribution in [0.15, 0.2) is 0 Å². The molecular formula is C28H58NO3-. The van der Waals surface area contributed by atoms with Crippen LogP contribution in [0.4, 0.5) is 0 Å². The molecule has 0 aliphatic carbocycles. The Labute approximate surface area is 201 Å². The van der Waals surface area contributed by atoms with Crippen molar-refractivity contribution in [2.45, 2.75) is 167 Å². The third-order valence-corrected chi connectivity index (χ3v) is 6.61. The van der Waals surface area contributed by atoms with Crippen LogP contribution in [0.5, 0.6) is 0 Å². The summed E-state index contributed by atoms with van der Waals surface area (Å²) in [6.45, 7) is 4.77. The van der Waals surface area contributed by atoms with Gasteiger partial charge in [0.25, 0.3) is 0 Å². The van der Waals surface area contributed by atoms with Gasteiger partial charge in [-0.15, -0.1) is 0 Å². The molecule has 0 aromatic rings. The van der Waals surface area contributed by atoms with Crippen LogP contribution < -0.4 is 0 Å². The van der Waals surface area contributed by atoms with Crippen LogP contribution in [0.1, 0.15) is 155 Å². The molecule has 4 nitrogen and oxygen atoms in total. The number of nitrogens with zero attached hydrogens (tertiary/aromatic N) is 1. The van der Waals surface area contributed by atoms with Crippen LogP contribution in [0.2, 0.25) is 0 Å². The zero-order valence-electron chi connectivity index (χ0n) is 21.9. The number of hydrogen-bond acceptors (Lipinski definition) is 4. The molecule has 0 saturated heterocycles. The first-order valence-corrected chi connectivity index (χ1v) is 14.4. The number of hydroxylamine groups is 2. The molecule has 2 unspecified atom stereocenters. The highest BCUT2D eigenvalue weighted by atomic mass is 16.5. The molecule has 2 atom stereocenters. The quantitative estimate of drug-likeness (QED) is 0.102. The summed E-state index contributed by atoms with van der Waals surface area (Å²) in [6.07, 6.45) is 25.8.